The van der Waals surface area contributed by atoms with E-state index in [1.165, 1.54) is 5.56 Å². The van der Waals surface area contributed by atoms with E-state index in [1.54, 1.807) is 11.8 Å². The minimum atomic E-state index is 0.675. The number of halogens is 1. The van der Waals surface area contributed by atoms with Gasteiger partial charge in [-0.25, -0.2) is 0 Å². The maximum Gasteiger partial charge on any atom is 0.191 e. The van der Waals surface area contributed by atoms with E-state index in [2.05, 4.69) is 31.9 Å². The van der Waals surface area contributed by atoms with E-state index < -0.39 is 0 Å². The van der Waals surface area contributed by atoms with Crippen molar-refractivity contribution in [2.24, 2.45) is 0 Å². The molecule has 0 radical (unpaired) electrons. The van der Waals surface area contributed by atoms with Crippen molar-refractivity contribution in [1.29, 1.82) is 0 Å². The number of aryl methyl sites for hydroxylation is 1. The second-order valence-electron chi connectivity index (χ2n) is 6.28. The lowest BCUT2D eigenvalue weighted by Crippen LogP contribution is -2.05. The summed E-state index contributed by atoms with van der Waals surface area (Å²) in [4.78, 5) is 4.39. The van der Waals surface area contributed by atoms with Gasteiger partial charge in [0.2, 0.25) is 0 Å². The van der Waals surface area contributed by atoms with Crippen LogP contribution in [-0.4, -0.2) is 25.5 Å². The molecule has 140 valence electrons. The van der Waals surface area contributed by atoms with Crippen LogP contribution in [0.25, 0.3) is 11.4 Å². The van der Waals surface area contributed by atoms with Crippen LogP contribution in [0.1, 0.15) is 11.3 Å². The van der Waals surface area contributed by atoms with Crippen LogP contribution in [0.5, 0.6) is 0 Å². The van der Waals surface area contributed by atoms with E-state index in [-0.39, 0.29) is 0 Å². The molecule has 0 aliphatic heterocycles. The Labute approximate surface area is 173 Å². The van der Waals surface area contributed by atoms with Gasteiger partial charge < -0.3 is 0 Å². The molecule has 0 aliphatic rings. The van der Waals surface area contributed by atoms with Gasteiger partial charge in [-0.05, 0) is 36.2 Å². The van der Waals surface area contributed by atoms with Crippen molar-refractivity contribution in [2.45, 2.75) is 18.1 Å². The Balaban J connectivity index is 1.61. The second kappa shape index (κ2) is 9.04. The molecule has 0 fully saturated rings. The summed E-state index contributed by atoms with van der Waals surface area (Å²) >= 11 is 8.12. The quantitative estimate of drug-likeness (QED) is 0.386. The molecule has 4 nitrogen and oxygen atoms in total. The van der Waals surface area contributed by atoms with E-state index in [4.69, 9.17) is 11.6 Å². The summed E-state index contributed by atoms with van der Waals surface area (Å²) in [6, 6.07) is 24.1. The van der Waals surface area contributed by atoms with E-state index in [1.807, 2.05) is 66.9 Å². The Morgan fingerprint density at radius 2 is 1.64 bits per heavy atom. The molecule has 0 atom stereocenters. The van der Waals surface area contributed by atoms with Gasteiger partial charge in [-0.2, -0.15) is 0 Å². The first-order valence-corrected chi connectivity index (χ1v) is 10.4. The maximum atomic E-state index is 6.43. The third-order valence-electron chi connectivity index (χ3n) is 4.33. The zero-order chi connectivity index (χ0) is 19.2. The van der Waals surface area contributed by atoms with Crippen molar-refractivity contribution in [2.75, 3.05) is 5.75 Å². The first-order valence-electron chi connectivity index (χ1n) is 9.06. The smallest absolute Gasteiger partial charge is 0.191 e. The van der Waals surface area contributed by atoms with Crippen molar-refractivity contribution in [1.82, 2.24) is 19.7 Å². The summed E-state index contributed by atoms with van der Waals surface area (Å²) in [5.74, 6) is 1.67. The number of thioether (sulfide) groups is 1. The molecule has 0 saturated carbocycles. The van der Waals surface area contributed by atoms with Crippen molar-refractivity contribution < 1.29 is 0 Å². The Morgan fingerprint density at radius 3 is 2.43 bits per heavy atom. The van der Waals surface area contributed by atoms with Crippen molar-refractivity contribution in [3.05, 3.63) is 95.3 Å². The zero-order valence-corrected chi connectivity index (χ0v) is 16.8. The Morgan fingerprint density at radius 1 is 0.857 bits per heavy atom. The molecule has 2 heterocycles. The van der Waals surface area contributed by atoms with Gasteiger partial charge in [0.15, 0.2) is 11.0 Å². The molecule has 0 amide bonds. The second-order valence-corrected chi connectivity index (χ2v) is 7.75. The lowest BCUT2D eigenvalue weighted by atomic mass is 10.2. The van der Waals surface area contributed by atoms with Gasteiger partial charge in [-0.15, -0.1) is 10.2 Å². The number of benzene rings is 2. The number of hydrogen-bond acceptors (Lipinski definition) is 4. The van der Waals surface area contributed by atoms with Crippen LogP contribution < -0.4 is 0 Å². The normalized spacial score (nSPS) is 10.9. The molecule has 0 aliphatic carbocycles. The molecule has 2 aromatic heterocycles. The Hall–Kier alpha value is -2.63. The minimum Gasteiger partial charge on any atom is -0.298 e. The predicted octanol–water partition coefficient (Wildman–Crippen LogP) is 5.38. The van der Waals surface area contributed by atoms with E-state index in [0.717, 1.165) is 34.4 Å². The molecule has 4 aromatic rings. The highest BCUT2D eigenvalue weighted by atomic mass is 35.5. The van der Waals surface area contributed by atoms with Crippen LogP contribution >= 0.6 is 23.4 Å². The fraction of sp³-hybridized carbons (Fsp3) is 0.136. The maximum absolute atomic E-state index is 6.43. The van der Waals surface area contributed by atoms with E-state index >= 15 is 0 Å². The zero-order valence-electron chi connectivity index (χ0n) is 15.2. The van der Waals surface area contributed by atoms with Gasteiger partial charge >= 0.3 is 0 Å². The Kier molecular flexibility index (Phi) is 6.04. The molecule has 28 heavy (non-hydrogen) atoms. The summed E-state index contributed by atoms with van der Waals surface area (Å²) in [5, 5.41) is 10.5. The van der Waals surface area contributed by atoms with Crippen molar-refractivity contribution >= 4 is 23.4 Å². The molecule has 0 bridgehead atoms. The summed E-state index contributed by atoms with van der Waals surface area (Å²) in [6.07, 6.45) is 2.71. The number of nitrogens with zero attached hydrogens (tertiary/aromatic N) is 4. The third-order valence-corrected chi connectivity index (χ3v) is 5.63. The third kappa shape index (κ3) is 4.43. The van der Waals surface area contributed by atoms with Gasteiger partial charge in [0.05, 0.1) is 11.6 Å². The topological polar surface area (TPSA) is 43.6 Å². The molecule has 0 saturated heterocycles. The van der Waals surface area contributed by atoms with Gasteiger partial charge in [-0.3, -0.25) is 9.55 Å². The molecule has 0 N–H and O–H groups in total. The van der Waals surface area contributed by atoms with Crippen molar-refractivity contribution in [3.63, 3.8) is 0 Å². The van der Waals surface area contributed by atoms with Gasteiger partial charge in [0.25, 0.3) is 0 Å². The summed E-state index contributed by atoms with van der Waals surface area (Å²) in [5.41, 5.74) is 3.17. The molecule has 2 aromatic carbocycles. The van der Waals surface area contributed by atoms with Crippen molar-refractivity contribution in [3.8, 4) is 11.4 Å². The minimum absolute atomic E-state index is 0.675. The van der Waals surface area contributed by atoms with Gasteiger partial charge in [0.1, 0.15) is 0 Å². The summed E-state index contributed by atoms with van der Waals surface area (Å²) in [6.45, 7) is 0.695. The van der Waals surface area contributed by atoms with Crippen LogP contribution in [0.2, 0.25) is 5.02 Å². The van der Waals surface area contributed by atoms with E-state index in [9.17, 15) is 0 Å². The number of pyridine rings is 1. The van der Waals surface area contributed by atoms with Gasteiger partial charge in [-0.1, -0.05) is 71.9 Å². The largest absolute Gasteiger partial charge is 0.298 e. The first kappa shape index (κ1) is 18.7. The number of aromatic nitrogens is 4. The lowest BCUT2D eigenvalue weighted by Gasteiger charge is -2.11. The molecule has 4 rings (SSSR count). The predicted molar refractivity (Wildman–Crippen MR) is 115 cm³/mol. The number of hydrogen-bond donors (Lipinski definition) is 0. The van der Waals surface area contributed by atoms with Crippen LogP contribution in [0, 0.1) is 0 Å². The van der Waals surface area contributed by atoms with Crippen LogP contribution in [-0.2, 0) is 13.0 Å². The molecule has 0 unspecified atom stereocenters. The number of rotatable bonds is 7. The molecule has 0 spiro atoms. The van der Waals surface area contributed by atoms with Crippen LogP contribution in [0.3, 0.4) is 0 Å². The van der Waals surface area contributed by atoms with E-state index in [0.29, 0.717) is 11.6 Å². The highest BCUT2D eigenvalue weighted by Crippen LogP contribution is 2.30. The lowest BCUT2D eigenvalue weighted by molar-refractivity contribution is 0.714. The first-order chi connectivity index (χ1) is 13.8. The monoisotopic (exact) mass is 406 g/mol. The molecular formula is C22H19ClN4S. The van der Waals surface area contributed by atoms with Gasteiger partial charge in [0, 0.05) is 23.2 Å². The average Bonchev–Trinajstić information content (AvgIpc) is 3.12. The van der Waals surface area contributed by atoms with Crippen LogP contribution in [0.15, 0.2) is 84.1 Å². The summed E-state index contributed by atoms with van der Waals surface area (Å²) in [7, 11) is 0. The SMILES string of the molecule is Clc1ccccc1-c1nnc(SCCc2ccccn2)n1Cc1ccccc1. The standard InChI is InChI=1S/C22H19ClN4S/c23-20-12-5-4-11-19(20)21-25-26-22(27(21)16-17-8-2-1-3-9-17)28-15-13-18-10-6-7-14-24-18/h1-12,14H,13,15-16H2. The average molecular weight is 407 g/mol. The fourth-order valence-electron chi connectivity index (χ4n) is 2.94. The molecular weight excluding hydrogens is 388 g/mol. The summed E-state index contributed by atoms with van der Waals surface area (Å²) < 4.78 is 2.14. The molecule has 6 heteroatoms. The van der Waals surface area contributed by atoms with Crippen LogP contribution in [0.4, 0.5) is 0 Å². The highest BCUT2D eigenvalue weighted by Gasteiger charge is 2.16. The fourth-order valence-corrected chi connectivity index (χ4v) is 4.06. The highest BCUT2D eigenvalue weighted by molar-refractivity contribution is 7.99. The Bertz CT molecular complexity index is 1030.